The summed E-state index contributed by atoms with van der Waals surface area (Å²) in [5.74, 6) is 0.643. The van der Waals surface area contributed by atoms with Gasteiger partial charge < -0.3 is 10.1 Å². The Hall–Kier alpha value is -3.85. The van der Waals surface area contributed by atoms with Gasteiger partial charge >= 0.3 is 0 Å². The zero-order chi connectivity index (χ0) is 24.2. The van der Waals surface area contributed by atoms with E-state index in [1.165, 1.54) is 17.8 Å². The van der Waals surface area contributed by atoms with E-state index in [2.05, 4.69) is 5.32 Å². The summed E-state index contributed by atoms with van der Waals surface area (Å²) in [5.41, 5.74) is 2.75. The number of benzene rings is 3. The summed E-state index contributed by atoms with van der Waals surface area (Å²) < 4.78 is 5.49. The normalized spacial score (nSPS) is 15.3. The van der Waals surface area contributed by atoms with Crippen LogP contribution < -0.4 is 15.0 Å². The van der Waals surface area contributed by atoms with Crippen LogP contribution in [-0.4, -0.2) is 29.1 Å². The number of nitrogens with zero attached hydrogens (tertiary/aromatic N) is 2. The van der Waals surface area contributed by atoms with Crippen LogP contribution in [0.2, 0.25) is 0 Å². The van der Waals surface area contributed by atoms with Crippen LogP contribution in [0.4, 0.5) is 17.1 Å². The van der Waals surface area contributed by atoms with E-state index in [0.29, 0.717) is 23.6 Å². The average Bonchev–Trinajstić information content (AvgIpc) is 3.21. The Morgan fingerprint density at radius 3 is 2.65 bits per heavy atom. The summed E-state index contributed by atoms with van der Waals surface area (Å²) in [6, 6.07) is 19.0. The summed E-state index contributed by atoms with van der Waals surface area (Å²) in [6.45, 7) is 4.10. The SMILES string of the molecule is CCOc1ccc(N2C(=O)CSC2c2cccc(NC(=O)c3ccc(C)c([N+](=O)[O-])c3)c2)cc1. The number of aryl methyl sites for hydroxylation is 1. The molecule has 9 heteroatoms. The third-order valence-corrected chi connectivity index (χ3v) is 6.60. The molecule has 0 aromatic heterocycles. The Kier molecular flexibility index (Phi) is 6.83. The molecule has 3 aromatic rings. The smallest absolute Gasteiger partial charge is 0.273 e. The van der Waals surface area contributed by atoms with E-state index in [1.807, 2.05) is 49.4 Å². The van der Waals surface area contributed by atoms with Crippen molar-refractivity contribution in [1.82, 2.24) is 0 Å². The second kappa shape index (κ2) is 9.96. The summed E-state index contributed by atoms with van der Waals surface area (Å²) in [6.07, 6.45) is 0. The highest BCUT2D eigenvalue weighted by Gasteiger charge is 2.34. The van der Waals surface area contributed by atoms with E-state index >= 15 is 0 Å². The van der Waals surface area contributed by atoms with E-state index in [1.54, 1.807) is 30.0 Å². The molecular weight excluding hydrogens is 454 g/mol. The predicted molar refractivity (Wildman–Crippen MR) is 133 cm³/mol. The molecule has 4 rings (SSSR count). The number of carbonyl (C=O) groups is 2. The maximum Gasteiger partial charge on any atom is 0.273 e. The Morgan fingerprint density at radius 1 is 1.18 bits per heavy atom. The molecule has 0 radical (unpaired) electrons. The van der Waals surface area contributed by atoms with Crippen LogP contribution in [0, 0.1) is 17.0 Å². The largest absolute Gasteiger partial charge is 0.494 e. The quantitative estimate of drug-likeness (QED) is 0.364. The van der Waals surface area contributed by atoms with Crippen molar-refractivity contribution >= 4 is 40.6 Å². The molecule has 0 bridgehead atoms. The molecule has 0 spiro atoms. The van der Waals surface area contributed by atoms with Crippen LogP contribution in [0.15, 0.2) is 66.7 Å². The van der Waals surface area contributed by atoms with E-state index in [4.69, 9.17) is 4.74 Å². The molecule has 0 aliphatic carbocycles. The standard InChI is InChI=1S/C25H23N3O5S/c1-3-33-21-11-9-20(10-12-21)27-23(29)15-34-25(27)18-5-4-6-19(13-18)26-24(30)17-8-7-16(2)22(14-17)28(31)32/h4-14,25H,3,15H2,1-2H3,(H,26,30). The van der Waals surface area contributed by atoms with Crippen molar-refractivity contribution in [1.29, 1.82) is 0 Å². The molecule has 1 atom stereocenters. The lowest BCUT2D eigenvalue weighted by molar-refractivity contribution is -0.385. The molecule has 174 valence electrons. The molecule has 1 heterocycles. The van der Waals surface area contributed by atoms with Gasteiger partial charge in [0, 0.05) is 28.6 Å². The molecule has 0 saturated carbocycles. The maximum absolute atomic E-state index is 12.7. The minimum absolute atomic E-state index is 0.000522. The number of nitro groups is 1. The second-order valence-electron chi connectivity index (χ2n) is 7.69. The number of ether oxygens (including phenoxy) is 1. The molecule has 3 aromatic carbocycles. The van der Waals surface area contributed by atoms with E-state index < -0.39 is 10.8 Å². The third-order valence-electron chi connectivity index (χ3n) is 5.39. The van der Waals surface area contributed by atoms with Crippen LogP contribution in [0.1, 0.15) is 33.8 Å². The van der Waals surface area contributed by atoms with Crippen LogP contribution >= 0.6 is 11.8 Å². The highest BCUT2D eigenvalue weighted by atomic mass is 32.2. The number of hydrogen-bond acceptors (Lipinski definition) is 6. The molecule has 2 amide bonds. The van der Waals surface area contributed by atoms with E-state index in [9.17, 15) is 19.7 Å². The minimum Gasteiger partial charge on any atom is -0.494 e. The van der Waals surface area contributed by atoms with Gasteiger partial charge in [0.1, 0.15) is 11.1 Å². The summed E-state index contributed by atoms with van der Waals surface area (Å²) in [7, 11) is 0. The Balaban J connectivity index is 1.55. The van der Waals surface area contributed by atoms with Crippen molar-refractivity contribution in [3.8, 4) is 5.75 Å². The first-order valence-electron chi connectivity index (χ1n) is 10.7. The number of carbonyl (C=O) groups excluding carboxylic acids is 2. The fourth-order valence-electron chi connectivity index (χ4n) is 3.74. The minimum atomic E-state index is -0.503. The van der Waals surface area contributed by atoms with Crippen molar-refractivity contribution in [2.24, 2.45) is 0 Å². The van der Waals surface area contributed by atoms with Crippen molar-refractivity contribution < 1.29 is 19.2 Å². The van der Waals surface area contributed by atoms with Crippen LogP contribution in [0.5, 0.6) is 5.75 Å². The van der Waals surface area contributed by atoms with E-state index in [-0.39, 0.29) is 22.5 Å². The third kappa shape index (κ3) is 4.89. The molecular formula is C25H23N3O5S. The fraction of sp³-hybridized carbons (Fsp3) is 0.200. The van der Waals surface area contributed by atoms with Crippen molar-refractivity contribution in [3.63, 3.8) is 0 Å². The lowest BCUT2D eigenvalue weighted by Gasteiger charge is -2.25. The first-order chi connectivity index (χ1) is 16.4. The summed E-state index contributed by atoms with van der Waals surface area (Å²) in [4.78, 5) is 37.9. The van der Waals surface area contributed by atoms with Gasteiger partial charge in [0.25, 0.3) is 11.6 Å². The number of anilines is 2. The maximum atomic E-state index is 12.7. The fourth-order valence-corrected chi connectivity index (χ4v) is 4.91. The van der Waals surface area contributed by atoms with Gasteiger partial charge in [0.05, 0.1) is 17.3 Å². The van der Waals surface area contributed by atoms with E-state index in [0.717, 1.165) is 17.0 Å². The van der Waals surface area contributed by atoms with Crippen molar-refractivity contribution in [3.05, 3.63) is 93.5 Å². The van der Waals surface area contributed by atoms with Gasteiger partial charge in [-0.25, -0.2) is 0 Å². The van der Waals surface area contributed by atoms with Gasteiger partial charge in [-0.05, 0) is 61.9 Å². The molecule has 1 aliphatic heterocycles. The highest BCUT2D eigenvalue weighted by Crippen LogP contribution is 2.42. The number of nitro benzene ring substituents is 1. The van der Waals surface area contributed by atoms with Gasteiger partial charge in [-0.15, -0.1) is 11.8 Å². The Labute approximate surface area is 201 Å². The Bertz CT molecular complexity index is 1250. The van der Waals surface area contributed by atoms with Crippen LogP contribution in [0.3, 0.4) is 0 Å². The van der Waals surface area contributed by atoms with Gasteiger partial charge in [-0.1, -0.05) is 18.2 Å². The lowest BCUT2D eigenvalue weighted by atomic mass is 10.1. The first kappa shape index (κ1) is 23.3. The number of hydrogen-bond donors (Lipinski definition) is 1. The molecule has 1 aliphatic rings. The molecule has 1 unspecified atom stereocenters. The van der Waals surface area contributed by atoms with Gasteiger partial charge in [0.2, 0.25) is 5.91 Å². The van der Waals surface area contributed by atoms with Gasteiger partial charge in [-0.3, -0.25) is 24.6 Å². The van der Waals surface area contributed by atoms with Gasteiger partial charge in [0.15, 0.2) is 0 Å². The number of thioether (sulfide) groups is 1. The zero-order valence-electron chi connectivity index (χ0n) is 18.7. The van der Waals surface area contributed by atoms with Crippen molar-refractivity contribution in [2.45, 2.75) is 19.2 Å². The first-order valence-corrected chi connectivity index (χ1v) is 11.7. The summed E-state index contributed by atoms with van der Waals surface area (Å²) in [5, 5.41) is 13.8. The number of rotatable bonds is 7. The lowest BCUT2D eigenvalue weighted by Crippen LogP contribution is -2.27. The van der Waals surface area contributed by atoms with Gasteiger partial charge in [-0.2, -0.15) is 0 Å². The molecule has 8 nitrogen and oxygen atoms in total. The average molecular weight is 478 g/mol. The highest BCUT2D eigenvalue weighted by molar-refractivity contribution is 8.00. The van der Waals surface area contributed by atoms with Crippen LogP contribution in [-0.2, 0) is 4.79 Å². The second-order valence-corrected chi connectivity index (χ2v) is 8.76. The molecule has 1 N–H and O–H groups in total. The topological polar surface area (TPSA) is 102 Å². The monoisotopic (exact) mass is 477 g/mol. The zero-order valence-corrected chi connectivity index (χ0v) is 19.5. The number of amides is 2. The molecule has 1 fully saturated rings. The number of nitrogens with one attached hydrogen (secondary N) is 1. The molecule has 1 saturated heterocycles. The Morgan fingerprint density at radius 2 is 1.94 bits per heavy atom. The van der Waals surface area contributed by atoms with Crippen molar-refractivity contribution in [2.75, 3.05) is 22.6 Å². The molecule has 34 heavy (non-hydrogen) atoms. The summed E-state index contributed by atoms with van der Waals surface area (Å²) >= 11 is 1.51. The predicted octanol–water partition coefficient (Wildman–Crippen LogP) is 5.33. The van der Waals surface area contributed by atoms with Crippen LogP contribution in [0.25, 0.3) is 0 Å².